The summed E-state index contributed by atoms with van der Waals surface area (Å²) in [5.74, 6) is 3.04. The van der Waals surface area contributed by atoms with Crippen molar-refractivity contribution in [3.63, 3.8) is 0 Å². The Morgan fingerprint density at radius 1 is 1.18 bits per heavy atom. The fraction of sp³-hybridized carbons (Fsp3) is 0.571. The number of fused-ring (bicyclic) bond motifs is 2. The van der Waals surface area contributed by atoms with Gasteiger partial charge in [-0.05, 0) is 35.1 Å². The molecule has 17 heavy (non-hydrogen) atoms. The smallest absolute Gasteiger partial charge is 0.161 e. The first-order chi connectivity index (χ1) is 8.25. The molecule has 2 aliphatic heterocycles. The Balaban J connectivity index is 2.04. The Hall–Kier alpha value is -1.22. The van der Waals surface area contributed by atoms with Crippen molar-refractivity contribution in [2.75, 3.05) is 19.8 Å². The monoisotopic (exact) mass is 233 g/mol. The zero-order valence-electron chi connectivity index (χ0n) is 10.5. The standard InChI is InChI=1S/C14H19NO2/c1-9(2)12-8-15-7-10-5-13-14(6-11(10)12)17-4-3-16-13/h5-6,9,12,15H,3-4,7-8H2,1-2H3. The molecule has 1 aromatic rings. The summed E-state index contributed by atoms with van der Waals surface area (Å²) in [6, 6.07) is 4.33. The minimum absolute atomic E-state index is 0.578. The lowest BCUT2D eigenvalue weighted by Gasteiger charge is -2.31. The molecule has 3 nitrogen and oxygen atoms in total. The molecule has 0 bridgehead atoms. The van der Waals surface area contributed by atoms with Gasteiger partial charge in [0.05, 0.1) is 0 Å². The van der Waals surface area contributed by atoms with Crippen molar-refractivity contribution in [3.8, 4) is 11.5 Å². The average Bonchev–Trinajstić information content (AvgIpc) is 2.35. The van der Waals surface area contributed by atoms with Crippen LogP contribution in [0.2, 0.25) is 0 Å². The number of rotatable bonds is 1. The molecule has 0 spiro atoms. The van der Waals surface area contributed by atoms with Gasteiger partial charge >= 0.3 is 0 Å². The van der Waals surface area contributed by atoms with E-state index in [1.165, 1.54) is 11.1 Å². The van der Waals surface area contributed by atoms with Crippen LogP contribution >= 0.6 is 0 Å². The van der Waals surface area contributed by atoms with Crippen molar-refractivity contribution in [1.29, 1.82) is 0 Å². The van der Waals surface area contributed by atoms with E-state index in [9.17, 15) is 0 Å². The van der Waals surface area contributed by atoms with E-state index in [0.29, 0.717) is 25.0 Å². The Bertz CT molecular complexity index is 428. The highest BCUT2D eigenvalue weighted by Crippen LogP contribution is 2.39. The van der Waals surface area contributed by atoms with Gasteiger partial charge < -0.3 is 14.8 Å². The zero-order valence-corrected chi connectivity index (χ0v) is 10.5. The molecular weight excluding hydrogens is 214 g/mol. The molecule has 3 heteroatoms. The summed E-state index contributed by atoms with van der Waals surface area (Å²) in [5, 5.41) is 3.48. The van der Waals surface area contributed by atoms with E-state index in [1.807, 2.05) is 0 Å². The van der Waals surface area contributed by atoms with Crippen LogP contribution in [0.25, 0.3) is 0 Å². The highest BCUT2D eigenvalue weighted by molar-refractivity contribution is 5.50. The first-order valence-electron chi connectivity index (χ1n) is 6.39. The SMILES string of the molecule is CC(C)C1CNCc2cc3c(cc21)OCCO3. The third kappa shape index (κ3) is 1.89. The van der Waals surface area contributed by atoms with Gasteiger partial charge in [0, 0.05) is 13.1 Å². The Morgan fingerprint density at radius 3 is 2.59 bits per heavy atom. The van der Waals surface area contributed by atoms with E-state index >= 15 is 0 Å². The Kier molecular flexibility index (Phi) is 2.71. The summed E-state index contributed by atoms with van der Waals surface area (Å²) >= 11 is 0. The molecule has 0 radical (unpaired) electrons. The molecule has 0 saturated carbocycles. The predicted molar refractivity (Wildman–Crippen MR) is 66.7 cm³/mol. The lowest BCUT2D eigenvalue weighted by Crippen LogP contribution is -2.31. The van der Waals surface area contributed by atoms with Crippen LogP contribution in [0.15, 0.2) is 12.1 Å². The molecular formula is C14H19NO2. The third-order valence-electron chi connectivity index (χ3n) is 3.69. The molecule has 1 N–H and O–H groups in total. The molecule has 2 aliphatic rings. The number of hydrogen-bond donors (Lipinski definition) is 1. The minimum atomic E-state index is 0.578. The van der Waals surface area contributed by atoms with Crippen LogP contribution in [0.5, 0.6) is 11.5 Å². The first kappa shape index (κ1) is 10.9. The summed E-state index contributed by atoms with van der Waals surface area (Å²) in [5.41, 5.74) is 2.79. The number of nitrogens with one attached hydrogen (secondary N) is 1. The second-order valence-corrected chi connectivity index (χ2v) is 5.18. The number of hydrogen-bond acceptors (Lipinski definition) is 3. The summed E-state index contributed by atoms with van der Waals surface area (Å²) < 4.78 is 11.3. The van der Waals surface area contributed by atoms with Crippen molar-refractivity contribution < 1.29 is 9.47 Å². The summed E-state index contributed by atoms with van der Waals surface area (Å²) in [4.78, 5) is 0. The topological polar surface area (TPSA) is 30.5 Å². The molecule has 0 amide bonds. The van der Waals surface area contributed by atoms with Crippen LogP contribution in [0, 0.1) is 5.92 Å². The van der Waals surface area contributed by atoms with E-state index in [0.717, 1.165) is 24.6 Å². The average molecular weight is 233 g/mol. The molecule has 0 aliphatic carbocycles. The van der Waals surface area contributed by atoms with Gasteiger partial charge in [0.25, 0.3) is 0 Å². The van der Waals surface area contributed by atoms with Crippen LogP contribution in [-0.4, -0.2) is 19.8 Å². The van der Waals surface area contributed by atoms with Crippen LogP contribution < -0.4 is 14.8 Å². The van der Waals surface area contributed by atoms with Crippen LogP contribution in [-0.2, 0) is 6.54 Å². The van der Waals surface area contributed by atoms with Crippen molar-refractivity contribution in [2.45, 2.75) is 26.3 Å². The van der Waals surface area contributed by atoms with E-state index in [1.54, 1.807) is 0 Å². The fourth-order valence-electron chi connectivity index (χ4n) is 2.71. The zero-order chi connectivity index (χ0) is 11.8. The maximum Gasteiger partial charge on any atom is 0.161 e. The molecule has 1 unspecified atom stereocenters. The van der Waals surface area contributed by atoms with E-state index < -0.39 is 0 Å². The third-order valence-corrected chi connectivity index (χ3v) is 3.69. The maximum absolute atomic E-state index is 5.67. The molecule has 1 aromatic carbocycles. The second kappa shape index (κ2) is 4.22. The molecule has 2 heterocycles. The second-order valence-electron chi connectivity index (χ2n) is 5.18. The summed E-state index contributed by atoms with van der Waals surface area (Å²) in [6.07, 6.45) is 0. The van der Waals surface area contributed by atoms with Gasteiger partial charge in [-0.1, -0.05) is 13.8 Å². The molecule has 3 rings (SSSR count). The Morgan fingerprint density at radius 2 is 1.88 bits per heavy atom. The minimum Gasteiger partial charge on any atom is -0.486 e. The van der Waals surface area contributed by atoms with Crippen LogP contribution in [0.3, 0.4) is 0 Å². The van der Waals surface area contributed by atoms with Crippen molar-refractivity contribution in [1.82, 2.24) is 5.32 Å². The lowest BCUT2D eigenvalue weighted by atomic mass is 9.83. The number of benzene rings is 1. The van der Waals surface area contributed by atoms with Crippen molar-refractivity contribution in [2.24, 2.45) is 5.92 Å². The van der Waals surface area contributed by atoms with Gasteiger partial charge in [-0.3, -0.25) is 0 Å². The summed E-state index contributed by atoms with van der Waals surface area (Å²) in [7, 11) is 0. The first-order valence-corrected chi connectivity index (χ1v) is 6.39. The Labute approximate surface area is 102 Å². The highest BCUT2D eigenvalue weighted by Gasteiger charge is 2.25. The van der Waals surface area contributed by atoms with Crippen LogP contribution in [0.1, 0.15) is 30.9 Å². The largest absolute Gasteiger partial charge is 0.486 e. The molecule has 0 aromatic heterocycles. The quantitative estimate of drug-likeness (QED) is 0.807. The van der Waals surface area contributed by atoms with Crippen molar-refractivity contribution in [3.05, 3.63) is 23.3 Å². The maximum atomic E-state index is 5.67. The lowest BCUT2D eigenvalue weighted by molar-refractivity contribution is 0.170. The molecule has 1 atom stereocenters. The van der Waals surface area contributed by atoms with Crippen LogP contribution in [0.4, 0.5) is 0 Å². The normalized spacial score (nSPS) is 22.4. The van der Waals surface area contributed by atoms with Gasteiger partial charge in [0.1, 0.15) is 13.2 Å². The van der Waals surface area contributed by atoms with Gasteiger partial charge in [0.2, 0.25) is 0 Å². The van der Waals surface area contributed by atoms with Gasteiger partial charge in [-0.25, -0.2) is 0 Å². The van der Waals surface area contributed by atoms with Gasteiger partial charge in [0.15, 0.2) is 11.5 Å². The van der Waals surface area contributed by atoms with Crippen molar-refractivity contribution >= 4 is 0 Å². The van der Waals surface area contributed by atoms with E-state index in [4.69, 9.17) is 9.47 Å². The van der Waals surface area contributed by atoms with E-state index in [-0.39, 0.29) is 0 Å². The summed E-state index contributed by atoms with van der Waals surface area (Å²) in [6.45, 7) is 7.87. The van der Waals surface area contributed by atoms with E-state index in [2.05, 4.69) is 31.3 Å². The molecule has 92 valence electrons. The van der Waals surface area contributed by atoms with Gasteiger partial charge in [-0.2, -0.15) is 0 Å². The molecule has 0 fully saturated rings. The predicted octanol–water partition coefficient (Wildman–Crippen LogP) is 2.30. The molecule has 0 saturated heterocycles. The highest BCUT2D eigenvalue weighted by atomic mass is 16.6. The fourth-order valence-corrected chi connectivity index (χ4v) is 2.71. The number of ether oxygens (including phenoxy) is 2. The van der Waals surface area contributed by atoms with Gasteiger partial charge in [-0.15, -0.1) is 0 Å².